The molecule has 0 spiro atoms. The summed E-state index contributed by atoms with van der Waals surface area (Å²) in [4.78, 5) is 11.1. The molecule has 1 aromatic heterocycles. The maximum Gasteiger partial charge on any atom is 0.338 e. The fraction of sp³-hybridized carbons (Fsp3) is 0. The number of benzene rings is 1. The molecule has 0 aliphatic rings. The number of thiol groups is 1. The van der Waals surface area contributed by atoms with Crippen LogP contribution in [0.1, 0.15) is 0 Å². The van der Waals surface area contributed by atoms with E-state index in [1.54, 1.807) is 0 Å². The van der Waals surface area contributed by atoms with E-state index in [9.17, 15) is 10.1 Å². The van der Waals surface area contributed by atoms with Crippen molar-refractivity contribution in [2.75, 3.05) is 0 Å². The Kier molecular flexibility index (Phi) is 2.67. The second kappa shape index (κ2) is 3.67. The van der Waals surface area contributed by atoms with Crippen LogP contribution in [-0.4, -0.2) is 4.92 Å². The highest BCUT2D eigenvalue weighted by atomic mass is 127. The number of hydrogen-bond donors (Lipinski definition) is 1. The molecule has 0 amide bonds. The molecule has 72 valence electrons. The van der Waals surface area contributed by atoms with Crippen molar-refractivity contribution in [1.82, 2.24) is 0 Å². The van der Waals surface area contributed by atoms with E-state index in [0.717, 1.165) is 15.0 Å². The summed E-state index contributed by atoms with van der Waals surface area (Å²) in [7, 11) is 0. The van der Waals surface area contributed by atoms with Crippen LogP contribution in [0.25, 0.3) is 10.1 Å². The number of hydrogen-bond acceptors (Lipinski definition) is 4. The molecule has 0 bridgehead atoms. The Morgan fingerprint density at radius 3 is 2.86 bits per heavy atom. The highest BCUT2D eigenvalue weighted by Crippen LogP contribution is 2.38. The summed E-state index contributed by atoms with van der Waals surface area (Å²) in [6.07, 6.45) is 0. The molecular weight excluding hydrogens is 333 g/mol. The van der Waals surface area contributed by atoms with Crippen LogP contribution in [0, 0.1) is 13.7 Å². The normalized spacial score (nSPS) is 10.7. The van der Waals surface area contributed by atoms with Gasteiger partial charge >= 0.3 is 5.00 Å². The number of halogens is 1. The lowest BCUT2D eigenvalue weighted by atomic mass is 10.3. The van der Waals surface area contributed by atoms with Gasteiger partial charge in [0.15, 0.2) is 0 Å². The predicted molar refractivity (Wildman–Crippen MR) is 68.4 cm³/mol. The van der Waals surface area contributed by atoms with Crippen molar-refractivity contribution in [3.05, 3.63) is 31.9 Å². The zero-order valence-corrected chi connectivity index (χ0v) is 10.6. The van der Waals surface area contributed by atoms with Gasteiger partial charge in [-0.1, -0.05) is 11.3 Å². The Hall–Kier alpha value is -0.340. The van der Waals surface area contributed by atoms with Gasteiger partial charge in [-0.25, -0.2) is 0 Å². The van der Waals surface area contributed by atoms with Crippen LogP contribution in [0.3, 0.4) is 0 Å². The van der Waals surface area contributed by atoms with Crippen LogP contribution in [0.15, 0.2) is 23.1 Å². The van der Waals surface area contributed by atoms with Crippen LogP contribution >= 0.6 is 46.6 Å². The van der Waals surface area contributed by atoms with Gasteiger partial charge in [0.05, 0.1) is 4.92 Å². The number of fused-ring (bicyclic) bond motifs is 1. The van der Waals surface area contributed by atoms with Crippen molar-refractivity contribution in [3.8, 4) is 0 Å². The molecule has 0 unspecified atom stereocenters. The lowest BCUT2D eigenvalue weighted by Crippen LogP contribution is -1.84. The average molecular weight is 337 g/mol. The maximum absolute atomic E-state index is 10.7. The zero-order chi connectivity index (χ0) is 10.3. The molecule has 1 aromatic carbocycles. The zero-order valence-electron chi connectivity index (χ0n) is 6.73. The lowest BCUT2D eigenvalue weighted by Gasteiger charge is -1.90. The van der Waals surface area contributed by atoms with E-state index >= 15 is 0 Å². The first kappa shape index (κ1) is 10.2. The van der Waals surface area contributed by atoms with Gasteiger partial charge < -0.3 is 0 Å². The van der Waals surface area contributed by atoms with E-state index in [-0.39, 0.29) is 9.92 Å². The largest absolute Gasteiger partial charge is 0.338 e. The highest BCUT2D eigenvalue weighted by Gasteiger charge is 2.18. The molecule has 0 radical (unpaired) electrons. The molecule has 0 atom stereocenters. The van der Waals surface area contributed by atoms with Crippen molar-refractivity contribution >= 4 is 61.6 Å². The standard InChI is InChI=1S/C8H4INO2S2/c9-7-5-3-4(13)1-2-6(5)14-8(7)10(11)12/h1-3,13H. The van der Waals surface area contributed by atoms with Gasteiger partial charge in [-0.2, -0.15) is 0 Å². The third-order valence-electron chi connectivity index (χ3n) is 1.76. The molecule has 14 heavy (non-hydrogen) atoms. The highest BCUT2D eigenvalue weighted by molar-refractivity contribution is 14.1. The smallest absolute Gasteiger partial charge is 0.258 e. The Morgan fingerprint density at radius 1 is 1.50 bits per heavy atom. The lowest BCUT2D eigenvalue weighted by molar-refractivity contribution is -0.381. The van der Waals surface area contributed by atoms with Gasteiger partial charge in [0.1, 0.15) is 3.57 Å². The van der Waals surface area contributed by atoms with Gasteiger partial charge in [-0.3, -0.25) is 10.1 Å². The summed E-state index contributed by atoms with van der Waals surface area (Å²) in [5, 5.41) is 11.8. The monoisotopic (exact) mass is 337 g/mol. The Balaban J connectivity index is 2.80. The molecule has 0 fully saturated rings. The molecule has 3 nitrogen and oxygen atoms in total. The molecule has 0 saturated carbocycles. The van der Waals surface area contributed by atoms with Crippen LogP contribution in [0.4, 0.5) is 5.00 Å². The van der Waals surface area contributed by atoms with Crippen molar-refractivity contribution < 1.29 is 4.92 Å². The van der Waals surface area contributed by atoms with E-state index in [4.69, 9.17) is 0 Å². The van der Waals surface area contributed by atoms with Crippen LogP contribution in [0.2, 0.25) is 0 Å². The SMILES string of the molecule is O=[N+]([O-])c1sc2ccc(S)cc2c1I. The van der Waals surface area contributed by atoms with Gasteiger partial charge in [0, 0.05) is 15.0 Å². The fourth-order valence-electron chi connectivity index (χ4n) is 1.16. The van der Waals surface area contributed by atoms with Crippen LogP contribution < -0.4 is 0 Å². The molecule has 1 heterocycles. The Morgan fingerprint density at radius 2 is 2.21 bits per heavy atom. The minimum atomic E-state index is -0.343. The second-order valence-electron chi connectivity index (χ2n) is 2.66. The molecule has 0 saturated heterocycles. The van der Waals surface area contributed by atoms with Gasteiger partial charge in [-0.05, 0) is 40.8 Å². The summed E-state index contributed by atoms with van der Waals surface area (Å²) in [6, 6.07) is 5.54. The second-order valence-corrected chi connectivity index (χ2v) is 5.28. The number of rotatable bonds is 1. The molecule has 2 aromatic rings. The first-order valence-electron chi connectivity index (χ1n) is 3.65. The van der Waals surface area contributed by atoms with Crippen molar-refractivity contribution in [2.24, 2.45) is 0 Å². The predicted octanol–water partition coefficient (Wildman–Crippen LogP) is 3.70. The number of nitrogens with zero attached hydrogens (tertiary/aromatic N) is 1. The van der Waals surface area contributed by atoms with Gasteiger partial charge in [0.2, 0.25) is 0 Å². The first-order chi connectivity index (χ1) is 6.59. The molecule has 0 aliphatic heterocycles. The minimum Gasteiger partial charge on any atom is -0.258 e. The van der Waals surface area contributed by atoms with Gasteiger partial charge in [-0.15, -0.1) is 12.6 Å². The molecular formula is C8H4INO2S2. The summed E-state index contributed by atoms with van der Waals surface area (Å²) in [5.41, 5.74) is 0. The van der Waals surface area contributed by atoms with Crippen LogP contribution in [-0.2, 0) is 0 Å². The number of thiophene rings is 1. The third-order valence-corrected chi connectivity index (χ3v) is 4.62. The summed E-state index contributed by atoms with van der Waals surface area (Å²) < 4.78 is 1.63. The molecule has 0 aliphatic carbocycles. The Labute approximate surface area is 103 Å². The fourth-order valence-corrected chi connectivity index (χ4v) is 3.41. The quantitative estimate of drug-likeness (QED) is 0.373. The third kappa shape index (κ3) is 1.61. The van der Waals surface area contributed by atoms with E-state index < -0.39 is 0 Å². The topological polar surface area (TPSA) is 43.1 Å². The van der Waals surface area contributed by atoms with E-state index in [1.165, 1.54) is 11.3 Å². The summed E-state index contributed by atoms with van der Waals surface area (Å²) in [5.74, 6) is 0. The molecule has 2 rings (SSSR count). The number of nitro groups is 1. The molecule has 6 heteroatoms. The van der Waals surface area contributed by atoms with Crippen molar-refractivity contribution in [1.29, 1.82) is 0 Å². The average Bonchev–Trinajstić information content (AvgIpc) is 2.44. The summed E-state index contributed by atoms with van der Waals surface area (Å²) >= 11 is 7.40. The van der Waals surface area contributed by atoms with E-state index in [1.807, 2.05) is 40.8 Å². The maximum atomic E-state index is 10.7. The van der Waals surface area contributed by atoms with Gasteiger partial charge in [0.25, 0.3) is 0 Å². The van der Waals surface area contributed by atoms with Crippen molar-refractivity contribution in [3.63, 3.8) is 0 Å². The van der Waals surface area contributed by atoms with E-state index in [0.29, 0.717) is 3.57 Å². The first-order valence-corrected chi connectivity index (χ1v) is 5.99. The van der Waals surface area contributed by atoms with Crippen molar-refractivity contribution in [2.45, 2.75) is 4.90 Å². The summed E-state index contributed by atoms with van der Waals surface area (Å²) in [6.45, 7) is 0. The Bertz CT molecular complexity index is 523. The van der Waals surface area contributed by atoms with Crippen LogP contribution in [0.5, 0.6) is 0 Å². The molecule has 0 N–H and O–H groups in total. The minimum absolute atomic E-state index is 0.208. The van der Waals surface area contributed by atoms with E-state index in [2.05, 4.69) is 12.6 Å².